The molecule has 1 heterocycles. The lowest BCUT2D eigenvalue weighted by molar-refractivity contribution is -0.121. The fourth-order valence-corrected chi connectivity index (χ4v) is 4.24. The molecule has 120 valence electrons. The van der Waals surface area contributed by atoms with Gasteiger partial charge in [0.25, 0.3) is 0 Å². The number of carbonyl (C=O) groups is 1. The molecular formula is C15H21N3O3S. The van der Waals surface area contributed by atoms with Crippen molar-refractivity contribution in [3.05, 3.63) is 29.8 Å². The molecule has 1 saturated heterocycles. The molecule has 0 spiro atoms. The molecule has 0 radical (unpaired) electrons. The third kappa shape index (κ3) is 4.84. The molecule has 6 nitrogen and oxygen atoms in total. The molecule has 0 saturated carbocycles. The van der Waals surface area contributed by atoms with E-state index in [4.69, 9.17) is 0 Å². The van der Waals surface area contributed by atoms with Crippen molar-refractivity contribution in [1.82, 2.24) is 5.43 Å². The van der Waals surface area contributed by atoms with Crippen molar-refractivity contribution < 1.29 is 13.2 Å². The molecule has 0 aliphatic carbocycles. The average Bonchev–Trinajstić information content (AvgIpc) is 2.78. The smallest absolute Gasteiger partial charge is 0.240 e. The van der Waals surface area contributed by atoms with E-state index in [0.29, 0.717) is 6.42 Å². The molecule has 1 amide bonds. The van der Waals surface area contributed by atoms with E-state index in [1.807, 2.05) is 43.3 Å². The molecule has 0 unspecified atom stereocenters. The van der Waals surface area contributed by atoms with E-state index in [2.05, 4.69) is 10.5 Å². The van der Waals surface area contributed by atoms with Crippen molar-refractivity contribution in [3.8, 4) is 0 Å². The molecule has 1 fully saturated rings. The molecule has 1 aromatic rings. The van der Waals surface area contributed by atoms with E-state index < -0.39 is 9.84 Å². The summed E-state index contributed by atoms with van der Waals surface area (Å²) in [5.41, 5.74) is 4.42. The lowest BCUT2D eigenvalue weighted by Gasteiger charge is -2.11. The Bertz CT molecular complexity index is 651. The molecule has 1 aromatic carbocycles. The summed E-state index contributed by atoms with van der Waals surface area (Å²) in [7, 11) is 0.991. The second-order valence-corrected chi connectivity index (χ2v) is 7.98. The summed E-state index contributed by atoms with van der Waals surface area (Å²) in [6.45, 7) is 0. The van der Waals surface area contributed by atoms with E-state index in [1.165, 1.54) is 0 Å². The van der Waals surface area contributed by atoms with Gasteiger partial charge in [-0.25, -0.2) is 13.8 Å². The normalized spacial score (nSPS) is 20.2. The maximum Gasteiger partial charge on any atom is 0.240 e. The Labute approximate surface area is 131 Å². The lowest BCUT2D eigenvalue weighted by atomic mass is 10.1. The van der Waals surface area contributed by atoms with Crippen molar-refractivity contribution in [3.63, 3.8) is 0 Å². The van der Waals surface area contributed by atoms with Gasteiger partial charge in [-0.2, -0.15) is 5.10 Å². The predicted molar refractivity (Wildman–Crippen MR) is 87.9 cm³/mol. The van der Waals surface area contributed by atoms with Crippen LogP contribution in [0.3, 0.4) is 0 Å². The zero-order valence-corrected chi connectivity index (χ0v) is 13.6. The summed E-state index contributed by atoms with van der Waals surface area (Å²) in [5.74, 6) is -0.0365. The molecule has 7 heteroatoms. The first kappa shape index (κ1) is 16.5. The van der Waals surface area contributed by atoms with Crippen LogP contribution in [-0.4, -0.2) is 46.1 Å². The predicted octanol–water partition coefficient (Wildman–Crippen LogP) is 1.03. The van der Waals surface area contributed by atoms with Gasteiger partial charge in [-0.15, -0.1) is 0 Å². The number of hydrazone groups is 1. The van der Waals surface area contributed by atoms with Gasteiger partial charge < -0.3 is 4.90 Å². The van der Waals surface area contributed by atoms with Crippen LogP contribution in [0.5, 0.6) is 0 Å². The van der Waals surface area contributed by atoms with Crippen LogP contribution in [0.2, 0.25) is 0 Å². The fraction of sp³-hybridized carbons (Fsp3) is 0.467. The molecule has 22 heavy (non-hydrogen) atoms. The second-order valence-electron chi connectivity index (χ2n) is 5.75. The van der Waals surface area contributed by atoms with Gasteiger partial charge in [0.1, 0.15) is 0 Å². The molecule has 1 aliphatic rings. The van der Waals surface area contributed by atoms with Crippen LogP contribution < -0.4 is 10.3 Å². The Morgan fingerprint density at radius 3 is 2.59 bits per heavy atom. The fourth-order valence-electron chi connectivity index (χ4n) is 2.38. The molecular weight excluding hydrogens is 302 g/mol. The summed E-state index contributed by atoms with van der Waals surface area (Å²) in [4.78, 5) is 13.7. The number of nitrogens with zero attached hydrogens (tertiary/aromatic N) is 2. The van der Waals surface area contributed by atoms with Crippen molar-refractivity contribution in [2.24, 2.45) is 11.0 Å². The van der Waals surface area contributed by atoms with Crippen molar-refractivity contribution in [1.29, 1.82) is 0 Å². The summed E-state index contributed by atoms with van der Waals surface area (Å²) in [6, 6.07) is 7.75. The quantitative estimate of drug-likeness (QED) is 0.648. The van der Waals surface area contributed by atoms with Crippen molar-refractivity contribution in [2.75, 3.05) is 30.5 Å². The molecule has 1 atom stereocenters. The van der Waals surface area contributed by atoms with Gasteiger partial charge in [-0.1, -0.05) is 12.1 Å². The minimum absolute atomic E-state index is 0.0837. The molecule has 2 rings (SSSR count). The first-order valence-electron chi connectivity index (χ1n) is 7.15. The molecule has 1 aliphatic heterocycles. The van der Waals surface area contributed by atoms with Crippen molar-refractivity contribution in [2.45, 2.75) is 12.8 Å². The SMILES string of the molecule is CN(C)c1ccc(/C=N\NC(=O)C[C@H]2CCS(=O)(=O)C2)cc1. The minimum Gasteiger partial charge on any atom is -0.378 e. The Morgan fingerprint density at radius 1 is 1.36 bits per heavy atom. The monoisotopic (exact) mass is 323 g/mol. The highest BCUT2D eigenvalue weighted by molar-refractivity contribution is 7.91. The van der Waals surface area contributed by atoms with E-state index in [9.17, 15) is 13.2 Å². The Kier molecular flexibility index (Phi) is 5.18. The summed E-state index contributed by atoms with van der Waals surface area (Å²) in [5, 5.41) is 3.91. The second kappa shape index (κ2) is 6.91. The topological polar surface area (TPSA) is 78.8 Å². The number of hydrogen-bond acceptors (Lipinski definition) is 5. The largest absolute Gasteiger partial charge is 0.378 e. The number of anilines is 1. The average molecular weight is 323 g/mol. The zero-order valence-electron chi connectivity index (χ0n) is 12.8. The van der Waals surface area contributed by atoms with Crippen LogP contribution in [0.4, 0.5) is 5.69 Å². The Balaban J connectivity index is 1.80. The number of nitrogens with one attached hydrogen (secondary N) is 1. The van der Waals surface area contributed by atoms with Crippen LogP contribution in [0, 0.1) is 5.92 Å². The van der Waals surface area contributed by atoms with E-state index in [0.717, 1.165) is 11.3 Å². The number of carbonyl (C=O) groups excluding carboxylic acids is 1. The lowest BCUT2D eigenvalue weighted by Crippen LogP contribution is -2.21. The number of sulfone groups is 1. The number of amides is 1. The van der Waals surface area contributed by atoms with Gasteiger partial charge in [0, 0.05) is 26.2 Å². The van der Waals surface area contributed by atoms with Crippen LogP contribution >= 0.6 is 0 Å². The van der Waals surface area contributed by atoms with Gasteiger partial charge in [0.15, 0.2) is 9.84 Å². The van der Waals surface area contributed by atoms with E-state index in [-0.39, 0.29) is 29.8 Å². The summed E-state index contributed by atoms with van der Waals surface area (Å²) >= 11 is 0. The maximum absolute atomic E-state index is 11.7. The highest BCUT2D eigenvalue weighted by Gasteiger charge is 2.29. The minimum atomic E-state index is -2.94. The first-order valence-corrected chi connectivity index (χ1v) is 8.97. The third-order valence-electron chi connectivity index (χ3n) is 3.61. The third-order valence-corrected chi connectivity index (χ3v) is 5.45. The Hall–Kier alpha value is -1.89. The molecule has 0 bridgehead atoms. The zero-order chi connectivity index (χ0) is 16.2. The van der Waals surface area contributed by atoms with Gasteiger partial charge in [-0.05, 0) is 30.0 Å². The van der Waals surface area contributed by atoms with Crippen LogP contribution in [0.15, 0.2) is 29.4 Å². The Morgan fingerprint density at radius 2 is 2.05 bits per heavy atom. The summed E-state index contributed by atoms with van der Waals surface area (Å²) in [6.07, 6.45) is 2.34. The van der Waals surface area contributed by atoms with Gasteiger partial charge in [0.2, 0.25) is 5.91 Å². The molecule has 0 aromatic heterocycles. The highest BCUT2D eigenvalue weighted by Crippen LogP contribution is 2.21. The van der Waals surface area contributed by atoms with Crippen LogP contribution in [-0.2, 0) is 14.6 Å². The number of benzene rings is 1. The van der Waals surface area contributed by atoms with E-state index >= 15 is 0 Å². The van der Waals surface area contributed by atoms with Crippen LogP contribution in [0.1, 0.15) is 18.4 Å². The van der Waals surface area contributed by atoms with Crippen LogP contribution in [0.25, 0.3) is 0 Å². The van der Waals surface area contributed by atoms with Gasteiger partial charge in [-0.3, -0.25) is 4.79 Å². The van der Waals surface area contributed by atoms with Gasteiger partial charge >= 0.3 is 0 Å². The molecule has 1 N–H and O–H groups in total. The van der Waals surface area contributed by atoms with Gasteiger partial charge in [0.05, 0.1) is 17.7 Å². The first-order chi connectivity index (χ1) is 10.4. The number of rotatable bonds is 5. The maximum atomic E-state index is 11.7. The number of hydrogen-bond donors (Lipinski definition) is 1. The summed E-state index contributed by atoms with van der Waals surface area (Å²) < 4.78 is 22.7. The van der Waals surface area contributed by atoms with Crippen molar-refractivity contribution >= 4 is 27.6 Å². The standard InChI is InChI=1S/C15H21N3O3S/c1-18(2)14-5-3-12(4-6-14)10-16-17-15(19)9-13-7-8-22(20,21)11-13/h3-6,10,13H,7-9,11H2,1-2H3,(H,17,19)/b16-10-/t13-/m1/s1. The highest BCUT2D eigenvalue weighted by atomic mass is 32.2. The van der Waals surface area contributed by atoms with E-state index in [1.54, 1.807) is 6.21 Å².